The molecule has 0 aromatic heterocycles. The van der Waals surface area contributed by atoms with Crippen LogP contribution in [0.1, 0.15) is 12.8 Å². The number of rotatable bonds is 0. The minimum Gasteiger partial charge on any atom is -0.380 e. The number of carbonyl (C=O) groups excluding carboxylic acids is 1. The molecular weight excluding hydrogens is 104 g/mol. The van der Waals surface area contributed by atoms with Crippen LogP contribution in [0.4, 0.5) is 0 Å². The molecule has 1 aliphatic carbocycles. The Labute approximate surface area is 47.8 Å². The van der Waals surface area contributed by atoms with Crippen LogP contribution in [0.2, 0.25) is 0 Å². The molecule has 0 N–H and O–H groups in total. The second-order valence-electron chi connectivity index (χ2n) is 2.68. The summed E-state index contributed by atoms with van der Waals surface area (Å²) in [5.74, 6) is 0.412. The van der Waals surface area contributed by atoms with Gasteiger partial charge in [-0.1, -0.05) is 0 Å². The Bertz CT molecular complexity index is 133. The molecule has 0 bridgehead atoms. The van der Waals surface area contributed by atoms with Gasteiger partial charge in [-0.05, 0) is 6.42 Å². The first-order chi connectivity index (χ1) is 3.83. The maximum absolute atomic E-state index is 10.6. The lowest BCUT2D eigenvalue weighted by molar-refractivity contribution is -0.112. The highest BCUT2D eigenvalue weighted by atomic mass is 16.5. The van der Waals surface area contributed by atoms with E-state index in [2.05, 4.69) is 0 Å². The van der Waals surface area contributed by atoms with Crippen LogP contribution in [-0.4, -0.2) is 19.0 Å². The number of Topliss-reactive ketones (excluding diaryl/α,β-unsaturated/α-hetero) is 1. The second kappa shape index (κ2) is 1.13. The number of carbonyl (C=O) groups is 1. The predicted octanol–water partition coefficient (Wildman–Crippen LogP) is 0.366. The zero-order valence-corrected chi connectivity index (χ0v) is 4.64. The normalized spacial score (nSPS) is 43.8. The fourth-order valence-electron chi connectivity index (χ4n) is 1.23. The highest BCUT2D eigenvalue weighted by molar-refractivity contribution is 6.01. The van der Waals surface area contributed by atoms with Crippen molar-refractivity contribution in [3.05, 3.63) is 0 Å². The van der Waals surface area contributed by atoms with E-state index in [-0.39, 0.29) is 5.41 Å². The summed E-state index contributed by atoms with van der Waals surface area (Å²) in [6.07, 6.45) is 1.76. The van der Waals surface area contributed by atoms with E-state index < -0.39 is 0 Å². The van der Waals surface area contributed by atoms with Crippen molar-refractivity contribution < 1.29 is 9.53 Å². The first kappa shape index (κ1) is 4.50. The maximum Gasteiger partial charge on any atom is 0.142 e. The smallest absolute Gasteiger partial charge is 0.142 e. The van der Waals surface area contributed by atoms with Crippen LogP contribution in [0.5, 0.6) is 0 Å². The monoisotopic (exact) mass is 112 g/mol. The summed E-state index contributed by atoms with van der Waals surface area (Å²) in [5, 5.41) is 0. The van der Waals surface area contributed by atoms with Crippen LogP contribution in [0.15, 0.2) is 0 Å². The lowest BCUT2D eigenvalue weighted by Crippen LogP contribution is -2.00. The van der Waals surface area contributed by atoms with Gasteiger partial charge in [0.05, 0.1) is 12.0 Å². The summed E-state index contributed by atoms with van der Waals surface area (Å²) in [7, 11) is 0. The zero-order chi connectivity index (χ0) is 5.61. The van der Waals surface area contributed by atoms with Gasteiger partial charge >= 0.3 is 0 Å². The van der Waals surface area contributed by atoms with E-state index in [1.165, 1.54) is 0 Å². The largest absolute Gasteiger partial charge is 0.380 e. The standard InChI is InChI=1S/C6H8O2/c7-5-3-6(5)1-2-8-4-6/h1-4H2. The molecule has 2 heteroatoms. The van der Waals surface area contributed by atoms with E-state index in [9.17, 15) is 4.79 Å². The molecule has 0 aromatic rings. The van der Waals surface area contributed by atoms with E-state index in [1.54, 1.807) is 0 Å². The van der Waals surface area contributed by atoms with Crippen molar-refractivity contribution in [2.24, 2.45) is 5.41 Å². The quantitative estimate of drug-likeness (QED) is 0.452. The van der Waals surface area contributed by atoms with Crippen molar-refractivity contribution in [1.29, 1.82) is 0 Å². The first-order valence-corrected chi connectivity index (χ1v) is 2.95. The Hall–Kier alpha value is -0.370. The zero-order valence-electron chi connectivity index (χ0n) is 4.64. The van der Waals surface area contributed by atoms with Crippen LogP contribution in [-0.2, 0) is 9.53 Å². The van der Waals surface area contributed by atoms with Gasteiger partial charge in [0, 0.05) is 13.0 Å². The minimum absolute atomic E-state index is 0.0417. The molecule has 1 atom stereocenters. The van der Waals surface area contributed by atoms with Gasteiger partial charge in [0.2, 0.25) is 0 Å². The molecule has 2 aliphatic rings. The van der Waals surface area contributed by atoms with Crippen molar-refractivity contribution in [3.63, 3.8) is 0 Å². The molecule has 1 spiro atoms. The van der Waals surface area contributed by atoms with Crippen molar-refractivity contribution in [2.45, 2.75) is 12.8 Å². The Morgan fingerprint density at radius 1 is 1.62 bits per heavy atom. The molecule has 1 unspecified atom stereocenters. The molecule has 44 valence electrons. The molecule has 1 aliphatic heterocycles. The summed E-state index contributed by atoms with van der Waals surface area (Å²) in [6, 6.07) is 0. The predicted molar refractivity (Wildman–Crippen MR) is 27.5 cm³/mol. The molecule has 8 heavy (non-hydrogen) atoms. The first-order valence-electron chi connectivity index (χ1n) is 2.95. The third-order valence-electron chi connectivity index (χ3n) is 2.07. The van der Waals surface area contributed by atoms with Gasteiger partial charge in [0.15, 0.2) is 0 Å². The van der Waals surface area contributed by atoms with Gasteiger partial charge in [-0.15, -0.1) is 0 Å². The molecule has 0 radical (unpaired) electrons. The molecule has 1 saturated carbocycles. The topological polar surface area (TPSA) is 26.3 Å². The number of ether oxygens (including phenoxy) is 1. The molecule has 2 fully saturated rings. The maximum atomic E-state index is 10.6. The number of hydrogen-bond donors (Lipinski definition) is 0. The summed E-state index contributed by atoms with van der Waals surface area (Å²) in [4.78, 5) is 10.6. The van der Waals surface area contributed by atoms with Crippen LogP contribution < -0.4 is 0 Å². The van der Waals surface area contributed by atoms with Crippen LogP contribution in [0, 0.1) is 5.41 Å². The van der Waals surface area contributed by atoms with Gasteiger partial charge in [-0.3, -0.25) is 4.79 Å². The lowest BCUT2D eigenvalue weighted by atomic mass is 10.1. The Morgan fingerprint density at radius 2 is 2.38 bits per heavy atom. The molecule has 1 heterocycles. The van der Waals surface area contributed by atoms with Gasteiger partial charge in [-0.2, -0.15) is 0 Å². The van der Waals surface area contributed by atoms with Crippen LogP contribution in [0.25, 0.3) is 0 Å². The molecular formula is C6H8O2. The number of hydrogen-bond acceptors (Lipinski definition) is 2. The lowest BCUT2D eigenvalue weighted by Gasteiger charge is -1.92. The summed E-state index contributed by atoms with van der Waals surface area (Å²) >= 11 is 0. The Balaban J connectivity index is 2.16. The summed E-state index contributed by atoms with van der Waals surface area (Å²) < 4.78 is 5.07. The van der Waals surface area contributed by atoms with E-state index in [1.807, 2.05) is 0 Å². The molecule has 0 aromatic carbocycles. The van der Waals surface area contributed by atoms with Gasteiger partial charge < -0.3 is 4.74 Å². The van der Waals surface area contributed by atoms with Crippen LogP contribution in [0.3, 0.4) is 0 Å². The van der Waals surface area contributed by atoms with E-state index >= 15 is 0 Å². The number of ketones is 1. The summed E-state index contributed by atoms with van der Waals surface area (Å²) in [5.41, 5.74) is 0.0417. The fourth-order valence-corrected chi connectivity index (χ4v) is 1.23. The SMILES string of the molecule is O=C1CC12CCOC2. The second-order valence-corrected chi connectivity index (χ2v) is 2.68. The average Bonchev–Trinajstić information content (AvgIpc) is 2.29. The van der Waals surface area contributed by atoms with Gasteiger partial charge in [0.1, 0.15) is 5.78 Å². The molecule has 2 rings (SSSR count). The third kappa shape index (κ3) is 0.388. The van der Waals surface area contributed by atoms with Gasteiger partial charge in [0.25, 0.3) is 0 Å². The van der Waals surface area contributed by atoms with Gasteiger partial charge in [-0.25, -0.2) is 0 Å². The van der Waals surface area contributed by atoms with Crippen LogP contribution >= 0.6 is 0 Å². The van der Waals surface area contributed by atoms with E-state index in [0.717, 1.165) is 19.4 Å². The van der Waals surface area contributed by atoms with Crippen molar-refractivity contribution in [3.8, 4) is 0 Å². The third-order valence-corrected chi connectivity index (χ3v) is 2.07. The average molecular weight is 112 g/mol. The van der Waals surface area contributed by atoms with Crippen molar-refractivity contribution in [1.82, 2.24) is 0 Å². The molecule has 2 nitrogen and oxygen atoms in total. The van der Waals surface area contributed by atoms with E-state index in [0.29, 0.717) is 12.4 Å². The van der Waals surface area contributed by atoms with Crippen molar-refractivity contribution >= 4 is 5.78 Å². The van der Waals surface area contributed by atoms with E-state index in [4.69, 9.17) is 4.74 Å². The molecule has 1 saturated heterocycles. The minimum atomic E-state index is 0.0417. The fraction of sp³-hybridized carbons (Fsp3) is 0.833. The molecule has 0 amide bonds. The highest BCUT2D eigenvalue weighted by Crippen LogP contribution is 2.47. The Kier molecular flexibility index (Phi) is 0.637. The van der Waals surface area contributed by atoms with Crippen molar-refractivity contribution in [2.75, 3.05) is 13.2 Å². The highest BCUT2D eigenvalue weighted by Gasteiger charge is 2.55. The summed E-state index contributed by atoms with van der Waals surface area (Å²) in [6.45, 7) is 1.50. The Morgan fingerprint density at radius 3 is 2.62 bits per heavy atom.